The van der Waals surface area contributed by atoms with Crippen LogP contribution in [0.1, 0.15) is 57.6 Å². The topological polar surface area (TPSA) is 64.0 Å². The molecule has 2 aromatic rings. The molecule has 0 amide bonds. The van der Waals surface area contributed by atoms with Gasteiger partial charge < -0.3 is 23.7 Å². The van der Waals surface area contributed by atoms with Gasteiger partial charge in [0.2, 0.25) is 0 Å². The summed E-state index contributed by atoms with van der Waals surface area (Å²) in [4.78, 5) is 4.35. The maximum Gasteiger partial charge on any atom is 0.198 e. The second-order valence-electron chi connectivity index (χ2n) is 8.74. The van der Waals surface area contributed by atoms with Crippen LogP contribution in [0.15, 0.2) is 16.7 Å². The number of aromatic nitrogens is 2. The zero-order valence-electron chi connectivity index (χ0n) is 18.1. The Morgan fingerprint density at radius 1 is 1.03 bits per heavy atom. The van der Waals surface area contributed by atoms with Crippen LogP contribution in [0.3, 0.4) is 0 Å². The predicted molar refractivity (Wildman–Crippen MR) is 119 cm³/mol. The van der Waals surface area contributed by atoms with Crippen LogP contribution in [-0.2, 0) is 18.9 Å². The molecule has 0 aliphatic carbocycles. The molecule has 4 atom stereocenters. The Kier molecular flexibility index (Phi) is 7.28. The lowest BCUT2D eigenvalue weighted by Gasteiger charge is -2.32. The molecule has 5 heterocycles. The molecule has 0 bridgehead atoms. The highest BCUT2D eigenvalue weighted by Gasteiger charge is 2.28. The van der Waals surface area contributed by atoms with Crippen molar-refractivity contribution in [1.29, 1.82) is 0 Å². The molecule has 0 N–H and O–H groups in total. The fraction of sp³-hybridized carbons (Fsp3) is 0.696. The molecule has 3 aliphatic rings. The third kappa shape index (κ3) is 5.12. The maximum atomic E-state index is 14.3. The molecule has 7 nitrogen and oxygen atoms in total. The number of hydrogen-bond acceptors (Lipinski definition) is 6. The van der Waals surface area contributed by atoms with E-state index < -0.39 is 5.82 Å². The SMILES string of the molecule is Fc1cc2c(cc(O[C@@H]3CC[C@@H](COC4CCCCO4)OC3)n2C2CCCCO2)nc1Br. The summed E-state index contributed by atoms with van der Waals surface area (Å²) in [6.07, 6.45) is 7.59. The summed E-state index contributed by atoms with van der Waals surface area (Å²) in [5.74, 6) is 0.251. The highest BCUT2D eigenvalue weighted by Crippen LogP contribution is 2.36. The summed E-state index contributed by atoms with van der Waals surface area (Å²) in [6, 6.07) is 3.36. The Hall–Kier alpha value is -1.26. The van der Waals surface area contributed by atoms with E-state index in [1.165, 1.54) is 6.07 Å². The van der Waals surface area contributed by atoms with Gasteiger partial charge in [-0.1, -0.05) is 0 Å². The maximum absolute atomic E-state index is 14.3. The summed E-state index contributed by atoms with van der Waals surface area (Å²) in [7, 11) is 0. The molecule has 2 aromatic heterocycles. The first kappa shape index (κ1) is 22.5. The molecule has 3 aliphatic heterocycles. The van der Waals surface area contributed by atoms with E-state index in [0.29, 0.717) is 36.7 Å². The number of fused-ring (bicyclic) bond motifs is 1. The minimum atomic E-state index is -0.398. The van der Waals surface area contributed by atoms with Crippen LogP contribution in [0.25, 0.3) is 11.0 Å². The van der Waals surface area contributed by atoms with Gasteiger partial charge in [-0.15, -0.1) is 0 Å². The van der Waals surface area contributed by atoms with Crippen molar-refractivity contribution in [1.82, 2.24) is 9.55 Å². The molecule has 0 radical (unpaired) electrons. The van der Waals surface area contributed by atoms with Crippen LogP contribution in [0.2, 0.25) is 0 Å². The van der Waals surface area contributed by atoms with Crippen LogP contribution >= 0.6 is 15.9 Å². The van der Waals surface area contributed by atoms with Gasteiger partial charge in [-0.05, 0) is 67.3 Å². The van der Waals surface area contributed by atoms with Gasteiger partial charge >= 0.3 is 0 Å². The molecule has 2 unspecified atom stereocenters. The van der Waals surface area contributed by atoms with Crippen LogP contribution in [-0.4, -0.2) is 54.5 Å². The Morgan fingerprint density at radius 2 is 1.88 bits per heavy atom. The molecule has 3 saturated heterocycles. The van der Waals surface area contributed by atoms with Gasteiger partial charge in [-0.25, -0.2) is 9.37 Å². The van der Waals surface area contributed by atoms with Gasteiger partial charge in [0.05, 0.1) is 30.4 Å². The lowest BCUT2D eigenvalue weighted by Crippen LogP contribution is -2.37. The lowest BCUT2D eigenvalue weighted by molar-refractivity contribution is -0.187. The number of halogens is 2. The molecule has 3 fully saturated rings. The average Bonchev–Trinajstić information content (AvgIpc) is 3.16. The van der Waals surface area contributed by atoms with Crippen molar-refractivity contribution in [2.24, 2.45) is 0 Å². The van der Waals surface area contributed by atoms with E-state index in [9.17, 15) is 4.39 Å². The molecular formula is C23H30BrFN2O5. The minimum Gasteiger partial charge on any atom is -0.473 e. The average molecular weight is 513 g/mol. The zero-order valence-corrected chi connectivity index (χ0v) is 19.7. The molecule has 0 saturated carbocycles. The van der Waals surface area contributed by atoms with E-state index in [1.807, 2.05) is 10.6 Å². The molecule has 176 valence electrons. The van der Waals surface area contributed by atoms with Gasteiger partial charge in [-0.2, -0.15) is 0 Å². The second-order valence-corrected chi connectivity index (χ2v) is 9.49. The Morgan fingerprint density at radius 3 is 2.59 bits per heavy atom. The van der Waals surface area contributed by atoms with Crippen molar-refractivity contribution in [3.05, 3.63) is 22.6 Å². The van der Waals surface area contributed by atoms with E-state index in [0.717, 1.165) is 58.0 Å². The molecular weight excluding hydrogens is 483 g/mol. The first-order valence-corrected chi connectivity index (χ1v) is 12.5. The van der Waals surface area contributed by atoms with Crippen LogP contribution in [0, 0.1) is 5.82 Å². The van der Waals surface area contributed by atoms with E-state index in [2.05, 4.69) is 20.9 Å². The number of rotatable bonds is 6. The summed E-state index contributed by atoms with van der Waals surface area (Å²) in [5, 5.41) is 0. The summed E-state index contributed by atoms with van der Waals surface area (Å²) >= 11 is 3.19. The number of nitrogens with zero attached hydrogens (tertiary/aromatic N) is 2. The summed E-state index contributed by atoms with van der Waals surface area (Å²) in [5.41, 5.74) is 1.36. The van der Waals surface area contributed by atoms with Gasteiger partial charge in [-0.3, -0.25) is 4.57 Å². The van der Waals surface area contributed by atoms with Crippen molar-refractivity contribution >= 4 is 27.0 Å². The van der Waals surface area contributed by atoms with Crippen molar-refractivity contribution in [2.45, 2.75) is 76.1 Å². The molecule has 32 heavy (non-hydrogen) atoms. The van der Waals surface area contributed by atoms with E-state index in [1.54, 1.807) is 0 Å². The van der Waals surface area contributed by atoms with Gasteiger partial charge in [0.25, 0.3) is 0 Å². The largest absolute Gasteiger partial charge is 0.473 e. The van der Waals surface area contributed by atoms with E-state index >= 15 is 0 Å². The highest BCUT2D eigenvalue weighted by atomic mass is 79.9. The number of ether oxygens (including phenoxy) is 5. The Bertz CT molecular complexity index is 905. The van der Waals surface area contributed by atoms with Crippen molar-refractivity contribution < 1.29 is 28.1 Å². The summed E-state index contributed by atoms with van der Waals surface area (Å²) < 4.78 is 46.3. The predicted octanol–water partition coefficient (Wildman–Crippen LogP) is 5.11. The van der Waals surface area contributed by atoms with Crippen LogP contribution in [0.4, 0.5) is 4.39 Å². The number of hydrogen-bond donors (Lipinski definition) is 0. The monoisotopic (exact) mass is 512 g/mol. The quantitative estimate of drug-likeness (QED) is 0.501. The van der Waals surface area contributed by atoms with Gasteiger partial charge in [0.15, 0.2) is 18.0 Å². The molecule has 0 aromatic carbocycles. The molecule has 0 spiro atoms. The fourth-order valence-corrected chi connectivity index (χ4v) is 4.93. The number of pyridine rings is 1. The normalized spacial score (nSPS) is 29.3. The second kappa shape index (κ2) is 10.3. The van der Waals surface area contributed by atoms with Crippen LogP contribution in [0.5, 0.6) is 5.88 Å². The summed E-state index contributed by atoms with van der Waals surface area (Å²) in [6.45, 7) is 2.50. The molecule has 5 rings (SSSR count). The van der Waals surface area contributed by atoms with Crippen molar-refractivity contribution in [2.75, 3.05) is 26.4 Å². The highest BCUT2D eigenvalue weighted by molar-refractivity contribution is 9.10. The smallest absolute Gasteiger partial charge is 0.198 e. The van der Waals surface area contributed by atoms with Gasteiger partial charge in [0.1, 0.15) is 16.9 Å². The van der Waals surface area contributed by atoms with Gasteiger partial charge in [0, 0.05) is 25.3 Å². The van der Waals surface area contributed by atoms with Crippen molar-refractivity contribution in [3.8, 4) is 5.88 Å². The van der Waals surface area contributed by atoms with E-state index in [-0.39, 0.29) is 29.3 Å². The van der Waals surface area contributed by atoms with Crippen molar-refractivity contribution in [3.63, 3.8) is 0 Å². The minimum absolute atomic E-state index is 0.0552. The Labute approximate surface area is 195 Å². The van der Waals surface area contributed by atoms with E-state index in [4.69, 9.17) is 23.7 Å². The van der Waals surface area contributed by atoms with Crippen LogP contribution < -0.4 is 4.74 Å². The first-order valence-electron chi connectivity index (χ1n) is 11.7. The fourth-order valence-electron chi connectivity index (χ4n) is 4.62. The standard InChI is InChI=1S/C23H30BrFN2O5/c24-23-17(25)11-19-18(26-23)12-21(27(19)20-5-1-3-9-28-20)32-16-8-7-15(30-14-16)13-31-22-6-2-4-10-29-22/h11-12,15-16,20,22H,1-10,13-14H2/t15-,16+,20?,22?/m0/s1. The Balaban J connectivity index is 1.25. The lowest BCUT2D eigenvalue weighted by atomic mass is 10.1. The third-order valence-corrected chi connectivity index (χ3v) is 6.92. The third-order valence-electron chi connectivity index (χ3n) is 6.36. The molecule has 9 heteroatoms. The first-order chi connectivity index (χ1) is 15.7. The zero-order chi connectivity index (χ0) is 21.9.